The number of hydrogen-bond donors (Lipinski definition) is 1. The molecule has 0 heterocycles. The second-order valence-electron chi connectivity index (χ2n) is 5.44. The predicted octanol–water partition coefficient (Wildman–Crippen LogP) is 4.49. The number of ether oxygens (including phenoxy) is 1. The van der Waals surface area contributed by atoms with Crippen molar-refractivity contribution in [2.24, 2.45) is 4.99 Å². The molecule has 0 bridgehead atoms. The summed E-state index contributed by atoms with van der Waals surface area (Å²) in [5.41, 5.74) is 2.84. The molecule has 0 unspecified atom stereocenters. The molecule has 25 heavy (non-hydrogen) atoms. The molecule has 2 aromatic rings. The number of phenols is 1. The minimum atomic E-state index is -0.434. The van der Waals surface area contributed by atoms with Crippen molar-refractivity contribution in [2.75, 3.05) is 6.61 Å². The number of nitrogens with zero attached hydrogens (tertiary/aromatic N) is 2. The zero-order valence-corrected chi connectivity index (χ0v) is 14.2. The summed E-state index contributed by atoms with van der Waals surface area (Å²) in [6.07, 6.45) is 3.85. The second-order valence-corrected chi connectivity index (χ2v) is 5.44. The Morgan fingerprint density at radius 1 is 1.36 bits per heavy atom. The van der Waals surface area contributed by atoms with E-state index in [0.717, 1.165) is 5.56 Å². The monoisotopic (exact) mass is 340 g/mol. The van der Waals surface area contributed by atoms with E-state index in [1.807, 2.05) is 13.0 Å². The van der Waals surface area contributed by atoms with Crippen LogP contribution in [-0.2, 0) is 6.42 Å². The highest BCUT2D eigenvalue weighted by molar-refractivity contribution is 5.84. The van der Waals surface area contributed by atoms with E-state index in [2.05, 4.69) is 11.6 Å². The van der Waals surface area contributed by atoms with E-state index in [1.54, 1.807) is 31.3 Å². The first-order valence-electron chi connectivity index (χ1n) is 7.85. The Kier molecular flexibility index (Phi) is 5.89. The van der Waals surface area contributed by atoms with Crippen molar-refractivity contribution in [3.63, 3.8) is 0 Å². The second kappa shape index (κ2) is 8.10. The van der Waals surface area contributed by atoms with Crippen LogP contribution in [0.15, 0.2) is 48.0 Å². The lowest BCUT2D eigenvalue weighted by Gasteiger charge is -2.11. The molecule has 0 saturated carbocycles. The number of allylic oxidation sites excluding steroid dienone is 1. The summed E-state index contributed by atoms with van der Waals surface area (Å²) in [5.74, 6) is 0.495. The molecule has 0 aliphatic carbocycles. The maximum atomic E-state index is 10.8. The van der Waals surface area contributed by atoms with Crippen molar-refractivity contribution in [1.29, 1.82) is 0 Å². The van der Waals surface area contributed by atoms with Crippen molar-refractivity contribution in [2.45, 2.75) is 20.3 Å². The molecular weight excluding hydrogens is 320 g/mol. The number of phenolic OH excluding ortho intramolecular Hbond substituents is 1. The Morgan fingerprint density at radius 3 is 2.72 bits per heavy atom. The van der Waals surface area contributed by atoms with E-state index in [1.165, 1.54) is 12.1 Å². The predicted molar refractivity (Wildman–Crippen MR) is 98.3 cm³/mol. The number of aryl methyl sites for hydroxylation is 1. The molecule has 0 aliphatic rings. The van der Waals surface area contributed by atoms with Crippen molar-refractivity contribution in [1.82, 2.24) is 0 Å². The van der Waals surface area contributed by atoms with Crippen LogP contribution in [0.3, 0.4) is 0 Å². The molecule has 2 aromatic carbocycles. The van der Waals surface area contributed by atoms with Crippen molar-refractivity contribution < 1.29 is 14.8 Å². The largest absolute Gasteiger partial charge is 0.504 e. The number of nitro benzene ring substituents is 1. The first kappa shape index (κ1) is 18.2. The van der Waals surface area contributed by atoms with Crippen molar-refractivity contribution >= 4 is 17.6 Å². The number of nitro groups is 1. The van der Waals surface area contributed by atoms with Gasteiger partial charge in [-0.1, -0.05) is 6.08 Å². The fourth-order valence-electron chi connectivity index (χ4n) is 2.38. The molecule has 0 atom stereocenters. The molecule has 0 amide bonds. The Balaban J connectivity index is 2.37. The van der Waals surface area contributed by atoms with Gasteiger partial charge in [0.25, 0.3) is 5.69 Å². The summed E-state index contributed by atoms with van der Waals surface area (Å²) < 4.78 is 5.46. The fourth-order valence-corrected chi connectivity index (χ4v) is 2.38. The van der Waals surface area contributed by atoms with E-state index in [-0.39, 0.29) is 11.4 Å². The van der Waals surface area contributed by atoms with Crippen LogP contribution in [0.2, 0.25) is 0 Å². The van der Waals surface area contributed by atoms with Gasteiger partial charge in [-0.25, -0.2) is 0 Å². The molecule has 2 rings (SSSR count). The first-order valence-corrected chi connectivity index (χ1v) is 7.85. The van der Waals surface area contributed by atoms with Crippen molar-refractivity contribution in [3.8, 4) is 11.5 Å². The van der Waals surface area contributed by atoms with Gasteiger partial charge in [0.05, 0.1) is 17.2 Å². The summed E-state index contributed by atoms with van der Waals surface area (Å²) in [4.78, 5) is 14.8. The van der Waals surface area contributed by atoms with E-state index >= 15 is 0 Å². The molecule has 0 radical (unpaired) electrons. The molecular formula is C19H20N2O4. The third-order valence-electron chi connectivity index (χ3n) is 3.58. The molecule has 130 valence electrons. The van der Waals surface area contributed by atoms with E-state index in [4.69, 9.17) is 4.74 Å². The number of rotatable bonds is 7. The van der Waals surface area contributed by atoms with Gasteiger partial charge < -0.3 is 9.84 Å². The van der Waals surface area contributed by atoms with Gasteiger partial charge >= 0.3 is 0 Å². The van der Waals surface area contributed by atoms with Crippen LogP contribution in [0, 0.1) is 17.0 Å². The average molecular weight is 340 g/mol. The van der Waals surface area contributed by atoms with Gasteiger partial charge in [0.15, 0.2) is 11.5 Å². The maximum Gasteiger partial charge on any atom is 0.269 e. The van der Waals surface area contributed by atoms with Crippen LogP contribution in [0.4, 0.5) is 11.4 Å². The van der Waals surface area contributed by atoms with E-state index in [9.17, 15) is 15.2 Å². The van der Waals surface area contributed by atoms with Crippen molar-refractivity contribution in [3.05, 3.63) is 69.8 Å². The SMILES string of the molecule is C=CCc1cc(C=Nc2ccc([N+](=O)[O-])cc2C)cc(OCC)c1O. The van der Waals surface area contributed by atoms with Crippen LogP contribution in [0.1, 0.15) is 23.6 Å². The summed E-state index contributed by atoms with van der Waals surface area (Å²) >= 11 is 0. The molecule has 0 spiro atoms. The highest BCUT2D eigenvalue weighted by Gasteiger charge is 2.10. The van der Waals surface area contributed by atoms with Gasteiger partial charge in [-0.2, -0.15) is 0 Å². The number of aliphatic imine (C=N–C) groups is 1. The van der Waals surface area contributed by atoms with E-state index < -0.39 is 4.92 Å². The molecule has 6 nitrogen and oxygen atoms in total. The van der Waals surface area contributed by atoms with Gasteiger partial charge in [-0.15, -0.1) is 6.58 Å². The lowest BCUT2D eigenvalue weighted by molar-refractivity contribution is -0.384. The molecule has 0 saturated heterocycles. The summed E-state index contributed by atoms with van der Waals surface area (Å²) in [6.45, 7) is 7.73. The molecule has 6 heteroatoms. The van der Waals surface area contributed by atoms with E-state index in [0.29, 0.717) is 35.6 Å². The first-order chi connectivity index (χ1) is 12.0. The Morgan fingerprint density at radius 2 is 2.12 bits per heavy atom. The van der Waals surface area contributed by atoms with Crippen LogP contribution in [-0.4, -0.2) is 22.9 Å². The number of non-ortho nitro benzene ring substituents is 1. The Labute approximate surface area is 146 Å². The highest BCUT2D eigenvalue weighted by atomic mass is 16.6. The topological polar surface area (TPSA) is 85.0 Å². The maximum absolute atomic E-state index is 10.8. The molecule has 1 N–H and O–H groups in total. The van der Waals surface area contributed by atoms with Crippen LogP contribution >= 0.6 is 0 Å². The number of aromatic hydroxyl groups is 1. The van der Waals surface area contributed by atoms with Gasteiger partial charge in [-0.05, 0) is 49.6 Å². The highest BCUT2D eigenvalue weighted by Crippen LogP contribution is 2.32. The quantitative estimate of drug-likeness (QED) is 0.348. The molecule has 0 aliphatic heterocycles. The van der Waals surface area contributed by atoms with Crippen LogP contribution < -0.4 is 4.74 Å². The molecule has 0 aromatic heterocycles. The average Bonchev–Trinajstić information content (AvgIpc) is 2.57. The Bertz CT molecular complexity index is 828. The van der Waals surface area contributed by atoms with Crippen LogP contribution in [0.25, 0.3) is 0 Å². The number of hydrogen-bond acceptors (Lipinski definition) is 5. The third kappa shape index (κ3) is 4.44. The third-order valence-corrected chi connectivity index (χ3v) is 3.58. The van der Waals surface area contributed by atoms with Crippen LogP contribution in [0.5, 0.6) is 11.5 Å². The summed E-state index contributed by atoms with van der Waals surface area (Å²) in [6, 6.07) is 8.03. The minimum Gasteiger partial charge on any atom is -0.504 e. The summed E-state index contributed by atoms with van der Waals surface area (Å²) in [7, 11) is 0. The van der Waals surface area contributed by atoms with Gasteiger partial charge in [0.2, 0.25) is 0 Å². The normalized spacial score (nSPS) is 10.8. The number of benzene rings is 2. The fraction of sp³-hybridized carbons (Fsp3) is 0.211. The Hall–Kier alpha value is -3.15. The standard InChI is InChI=1S/C19H20N2O4/c1-4-6-15-10-14(11-18(19(15)22)25-5-2)12-20-17-8-7-16(21(23)24)9-13(17)3/h4,7-12,22H,1,5-6H2,2-3H3. The van der Waals surface area contributed by atoms with Gasteiger partial charge in [0.1, 0.15) is 0 Å². The van der Waals surface area contributed by atoms with Gasteiger partial charge in [-0.3, -0.25) is 15.1 Å². The zero-order chi connectivity index (χ0) is 18.4. The summed E-state index contributed by atoms with van der Waals surface area (Å²) in [5, 5.41) is 21.0. The zero-order valence-electron chi connectivity index (χ0n) is 14.2. The minimum absolute atomic E-state index is 0.0352. The molecule has 0 fully saturated rings. The lowest BCUT2D eigenvalue weighted by Crippen LogP contribution is -1.96. The smallest absolute Gasteiger partial charge is 0.269 e. The lowest BCUT2D eigenvalue weighted by atomic mass is 10.1. The van der Waals surface area contributed by atoms with Gasteiger partial charge in [0, 0.05) is 23.9 Å².